The molecule has 1 N–H and O–H groups in total. The van der Waals surface area contributed by atoms with E-state index in [4.69, 9.17) is 0 Å². The van der Waals surface area contributed by atoms with Gasteiger partial charge in [-0.15, -0.1) is 11.3 Å². The highest BCUT2D eigenvalue weighted by atomic mass is 32.1. The second kappa shape index (κ2) is 7.16. The molecule has 0 bridgehead atoms. The topological polar surface area (TPSA) is 28.2 Å². The highest BCUT2D eigenvalue weighted by Crippen LogP contribution is 2.24. The number of aryl methyl sites for hydroxylation is 1. The second-order valence-corrected chi connectivity index (χ2v) is 6.63. The summed E-state index contributed by atoms with van der Waals surface area (Å²) < 4.78 is 0. The van der Waals surface area contributed by atoms with Crippen LogP contribution in [0.25, 0.3) is 0 Å². The molecule has 1 aromatic heterocycles. The summed E-state index contributed by atoms with van der Waals surface area (Å²) in [6.45, 7) is 6.35. The Labute approximate surface area is 131 Å². The number of hydrogen-bond acceptors (Lipinski definition) is 4. The fraction of sp³-hybridized carbons (Fsp3) is 0.471. The Morgan fingerprint density at radius 3 is 2.67 bits per heavy atom. The molecule has 1 unspecified atom stereocenters. The largest absolute Gasteiger partial charge is 0.309 e. The molecule has 0 saturated carbocycles. The highest BCUT2D eigenvalue weighted by molar-refractivity contribution is 7.09. The van der Waals surface area contributed by atoms with Gasteiger partial charge >= 0.3 is 0 Å². The molecule has 1 aromatic carbocycles. The Hall–Kier alpha value is -1.23. The molecule has 1 fully saturated rings. The molecular formula is C17H23N3S. The number of likely N-dealkylation sites (tertiary alicyclic amines) is 1. The average Bonchev–Trinajstić information content (AvgIpc) is 3.16. The maximum Gasteiger partial charge on any atom is 0.107 e. The first kappa shape index (κ1) is 14.7. The lowest BCUT2D eigenvalue weighted by Gasteiger charge is -2.28. The predicted octanol–water partition coefficient (Wildman–Crippen LogP) is 3.38. The first-order valence-corrected chi connectivity index (χ1v) is 8.61. The van der Waals surface area contributed by atoms with Crippen LogP contribution in [0.1, 0.15) is 35.1 Å². The molecule has 3 rings (SSSR count). The number of hydrogen-bond donors (Lipinski definition) is 1. The molecular weight excluding hydrogens is 278 g/mol. The third-order valence-electron chi connectivity index (χ3n) is 4.05. The summed E-state index contributed by atoms with van der Waals surface area (Å²) in [5, 5.41) is 6.90. The summed E-state index contributed by atoms with van der Waals surface area (Å²) >= 11 is 1.74. The van der Waals surface area contributed by atoms with Crippen molar-refractivity contribution in [3.05, 3.63) is 52.0 Å². The first-order valence-electron chi connectivity index (χ1n) is 7.73. The van der Waals surface area contributed by atoms with E-state index in [2.05, 4.69) is 57.8 Å². The van der Waals surface area contributed by atoms with Crippen LogP contribution in [0.15, 0.2) is 35.7 Å². The smallest absolute Gasteiger partial charge is 0.107 e. The molecule has 21 heavy (non-hydrogen) atoms. The summed E-state index contributed by atoms with van der Waals surface area (Å²) in [4.78, 5) is 7.13. The molecule has 1 atom stereocenters. The van der Waals surface area contributed by atoms with Crippen LogP contribution in [0.3, 0.4) is 0 Å². The van der Waals surface area contributed by atoms with Crippen LogP contribution in [0, 0.1) is 6.92 Å². The van der Waals surface area contributed by atoms with Crippen LogP contribution < -0.4 is 5.32 Å². The van der Waals surface area contributed by atoms with Gasteiger partial charge in [0.15, 0.2) is 0 Å². The fourth-order valence-electron chi connectivity index (χ4n) is 2.99. The minimum absolute atomic E-state index is 0.481. The lowest BCUT2D eigenvalue weighted by molar-refractivity contribution is 0.238. The number of aromatic nitrogens is 1. The molecule has 0 amide bonds. The van der Waals surface area contributed by atoms with Crippen molar-refractivity contribution in [2.45, 2.75) is 32.4 Å². The van der Waals surface area contributed by atoms with Gasteiger partial charge in [0.2, 0.25) is 0 Å². The Kier molecular flexibility index (Phi) is 5.01. The summed E-state index contributed by atoms with van der Waals surface area (Å²) in [5.41, 5.74) is 2.54. The van der Waals surface area contributed by atoms with Crippen LogP contribution in [0.2, 0.25) is 0 Å². The van der Waals surface area contributed by atoms with Crippen LogP contribution in [-0.2, 0) is 6.54 Å². The van der Waals surface area contributed by atoms with Crippen molar-refractivity contribution < 1.29 is 0 Å². The van der Waals surface area contributed by atoms with E-state index in [9.17, 15) is 0 Å². The molecule has 4 heteroatoms. The van der Waals surface area contributed by atoms with Crippen LogP contribution in [-0.4, -0.2) is 29.5 Å². The first-order chi connectivity index (χ1) is 10.3. The van der Waals surface area contributed by atoms with Crippen molar-refractivity contribution in [1.29, 1.82) is 0 Å². The van der Waals surface area contributed by atoms with E-state index in [0.29, 0.717) is 6.04 Å². The van der Waals surface area contributed by atoms with Gasteiger partial charge in [-0.3, -0.25) is 4.90 Å². The molecule has 2 aromatic rings. The van der Waals surface area contributed by atoms with Crippen molar-refractivity contribution in [2.75, 3.05) is 19.6 Å². The molecule has 1 saturated heterocycles. The van der Waals surface area contributed by atoms with Gasteiger partial charge in [0.1, 0.15) is 5.01 Å². The monoisotopic (exact) mass is 301 g/mol. The molecule has 3 nitrogen and oxygen atoms in total. The van der Waals surface area contributed by atoms with Gasteiger partial charge in [0.05, 0.1) is 0 Å². The maximum atomic E-state index is 4.52. The Morgan fingerprint density at radius 2 is 2.00 bits per heavy atom. The Bertz CT molecular complexity index is 546. The van der Waals surface area contributed by atoms with Crippen molar-refractivity contribution in [1.82, 2.24) is 15.2 Å². The molecule has 0 radical (unpaired) electrons. The van der Waals surface area contributed by atoms with Gasteiger partial charge in [0, 0.05) is 30.2 Å². The summed E-state index contributed by atoms with van der Waals surface area (Å²) in [6.07, 6.45) is 2.66. The molecule has 1 aliphatic heterocycles. The normalized spacial score (nSPS) is 17.2. The molecule has 0 spiro atoms. The Morgan fingerprint density at radius 1 is 1.24 bits per heavy atom. The number of thiazole rings is 1. The molecule has 2 heterocycles. The third kappa shape index (κ3) is 3.90. The zero-order valence-corrected chi connectivity index (χ0v) is 13.4. The van der Waals surface area contributed by atoms with Gasteiger partial charge in [-0.1, -0.05) is 30.3 Å². The minimum Gasteiger partial charge on any atom is -0.309 e. The van der Waals surface area contributed by atoms with Crippen LogP contribution in [0.5, 0.6) is 0 Å². The van der Waals surface area contributed by atoms with Gasteiger partial charge in [-0.05, 0) is 38.4 Å². The van der Waals surface area contributed by atoms with Gasteiger partial charge < -0.3 is 5.32 Å². The minimum atomic E-state index is 0.481. The van der Waals surface area contributed by atoms with Crippen molar-refractivity contribution in [2.24, 2.45) is 0 Å². The SMILES string of the molecule is Cc1csc(CNCC(c2ccccc2)N2CCCC2)n1. The van der Waals surface area contributed by atoms with E-state index in [0.717, 1.165) is 18.8 Å². The number of nitrogens with zero attached hydrogens (tertiary/aromatic N) is 2. The number of nitrogens with one attached hydrogen (secondary N) is 1. The lowest BCUT2D eigenvalue weighted by Crippen LogP contribution is -2.34. The standard InChI is InChI=1S/C17H23N3S/c1-14-13-21-17(19-14)12-18-11-16(20-9-5-6-10-20)15-7-3-2-4-8-15/h2-4,7-8,13,16,18H,5-6,9-12H2,1H3. The molecule has 0 aliphatic carbocycles. The van der Waals surface area contributed by atoms with Gasteiger partial charge in [-0.25, -0.2) is 4.98 Å². The zero-order valence-electron chi connectivity index (χ0n) is 12.6. The van der Waals surface area contributed by atoms with Crippen molar-refractivity contribution >= 4 is 11.3 Å². The van der Waals surface area contributed by atoms with Crippen LogP contribution in [0.4, 0.5) is 0 Å². The van der Waals surface area contributed by atoms with Gasteiger partial charge in [-0.2, -0.15) is 0 Å². The highest BCUT2D eigenvalue weighted by Gasteiger charge is 2.22. The summed E-state index contributed by atoms with van der Waals surface area (Å²) in [5.74, 6) is 0. The van der Waals surface area contributed by atoms with E-state index in [-0.39, 0.29) is 0 Å². The van der Waals surface area contributed by atoms with Gasteiger partial charge in [0.25, 0.3) is 0 Å². The van der Waals surface area contributed by atoms with E-state index in [1.165, 1.54) is 36.5 Å². The number of benzene rings is 1. The second-order valence-electron chi connectivity index (χ2n) is 5.68. The lowest BCUT2D eigenvalue weighted by atomic mass is 10.1. The predicted molar refractivity (Wildman–Crippen MR) is 88.5 cm³/mol. The third-order valence-corrected chi connectivity index (χ3v) is 5.01. The van der Waals surface area contributed by atoms with E-state index in [1.807, 2.05) is 0 Å². The van der Waals surface area contributed by atoms with Crippen molar-refractivity contribution in [3.63, 3.8) is 0 Å². The zero-order chi connectivity index (χ0) is 14.5. The maximum absolute atomic E-state index is 4.52. The number of rotatable bonds is 6. The molecule has 1 aliphatic rings. The van der Waals surface area contributed by atoms with Crippen LogP contribution >= 0.6 is 11.3 Å². The quantitative estimate of drug-likeness (QED) is 0.886. The van der Waals surface area contributed by atoms with E-state index < -0.39 is 0 Å². The van der Waals surface area contributed by atoms with E-state index >= 15 is 0 Å². The molecule has 112 valence electrons. The van der Waals surface area contributed by atoms with Crippen molar-refractivity contribution in [3.8, 4) is 0 Å². The van der Waals surface area contributed by atoms with E-state index in [1.54, 1.807) is 11.3 Å². The summed E-state index contributed by atoms with van der Waals surface area (Å²) in [6, 6.07) is 11.4. The average molecular weight is 301 g/mol. The summed E-state index contributed by atoms with van der Waals surface area (Å²) in [7, 11) is 0. The fourth-order valence-corrected chi connectivity index (χ4v) is 3.73. The Balaban J connectivity index is 1.62.